The second kappa shape index (κ2) is 12.4. The van der Waals surface area contributed by atoms with E-state index in [4.69, 9.17) is 9.47 Å². The van der Waals surface area contributed by atoms with E-state index in [0.717, 1.165) is 33.8 Å². The maximum absolute atomic E-state index is 13.0. The molecule has 4 aromatic carbocycles. The highest BCUT2D eigenvalue weighted by atomic mass is 79.9. The van der Waals surface area contributed by atoms with Gasteiger partial charge in [0.1, 0.15) is 18.1 Å². The first kappa shape index (κ1) is 27.5. The van der Waals surface area contributed by atoms with Crippen LogP contribution in [0.3, 0.4) is 0 Å². The number of thioether (sulfide) groups is 1. The number of carbonyl (C=O) groups is 3. The number of hydrogen-bond donors (Lipinski definition) is 1. The molecule has 1 fully saturated rings. The number of hydrogen-bond acceptors (Lipinski definition) is 6. The molecule has 1 saturated heterocycles. The average molecular weight is 618 g/mol. The van der Waals surface area contributed by atoms with E-state index in [1.807, 2.05) is 73.7 Å². The normalized spacial score (nSPS) is 14.2. The molecule has 4 aromatic rings. The molecule has 0 unspecified atom stereocenters. The molecule has 0 saturated carbocycles. The molecule has 7 nitrogen and oxygen atoms in total. The Morgan fingerprint density at radius 1 is 0.950 bits per heavy atom. The molecule has 40 heavy (non-hydrogen) atoms. The van der Waals surface area contributed by atoms with Gasteiger partial charge in [0.25, 0.3) is 17.1 Å². The smallest absolute Gasteiger partial charge is 0.293 e. The second-order valence-electron chi connectivity index (χ2n) is 9.00. The minimum atomic E-state index is -0.360. The summed E-state index contributed by atoms with van der Waals surface area (Å²) in [5, 5.41) is 4.53. The van der Waals surface area contributed by atoms with E-state index in [0.29, 0.717) is 26.4 Å². The molecule has 0 bridgehead atoms. The van der Waals surface area contributed by atoms with E-state index < -0.39 is 0 Å². The number of ether oxygens (including phenoxy) is 2. The number of anilines is 1. The summed E-state index contributed by atoms with van der Waals surface area (Å²) in [5.41, 5.74) is 2.41. The van der Waals surface area contributed by atoms with E-state index >= 15 is 0 Å². The maximum Gasteiger partial charge on any atom is 0.293 e. The van der Waals surface area contributed by atoms with Crippen LogP contribution in [0.25, 0.3) is 16.8 Å². The number of nitrogens with one attached hydrogen (secondary N) is 1. The molecule has 9 heteroatoms. The summed E-state index contributed by atoms with van der Waals surface area (Å²) in [6.45, 7) is 2.09. The number of aryl methyl sites for hydroxylation is 1. The topological polar surface area (TPSA) is 84.9 Å². The third kappa shape index (κ3) is 6.38. The Labute approximate surface area is 244 Å². The number of imide groups is 1. The molecule has 1 aliphatic rings. The van der Waals surface area contributed by atoms with E-state index in [1.165, 1.54) is 4.90 Å². The van der Waals surface area contributed by atoms with Crippen molar-refractivity contribution < 1.29 is 23.9 Å². The van der Waals surface area contributed by atoms with Crippen molar-refractivity contribution in [2.24, 2.45) is 0 Å². The van der Waals surface area contributed by atoms with Gasteiger partial charge in [0.05, 0.1) is 15.9 Å². The summed E-state index contributed by atoms with van der Waals surface area (Å²) < 4.78 is 12.2. The number of nitrogens with zero attached hydrogens (tertiary/aromatic N) is 1. The average Bonchev–Trinajstić information content (AvgIpc) is 3.21. The van der Waals surface area contributed by atoms with Crippen molar-refractivity contribution in [2.45, 2.75) is 6.92 Å². The van der Waals surface area contributed by atoms with Gasteiger partial charge in [0.15, 0.2) is 6.61 Å². The standard InChI is InChI=1S/C31H25BrN2O5S/c1-20-7-2-5-11-25(20)33-29(35)19-39-27-14-13-21(17-24(27)32)18-28-30(36)34(31(37)40-28)15-16-38-26-12-6-9-22-8-3-4-10-23(22)26/h2-14,17-18H,15-16,19H2,1H3,(H,33,35)/b28-18-. The number of benzene rings is 4. The Morgan fingerprint density at radius 2 is 1.73 bits per heavy atom. The molecule has 0 aromatic heterocycles. The van der Waals surface area contributed by atoms with Gasteiger partial charge in [-0.2, -0.15) is 0 Å². The zero-order chi connectivity index (χ0) is 28.1. The largest absolute Gasteiger partial charge is 0.491 e. The van der Waals surface area contributed by atoms with Crippen LogP contribution in [0.1, 0.15) is 11.1 Å². The molecule has 1 aliphatic heterocycles. The van der Waals surface area contributed by atoms with Crippen molar-refractivity contribution in [3.05, 3.63) is 105 Å². The Kier molecular flexibility index (Phi) is 8.52. The van der Waals surface area contributed by atoms with Crippen LogP contribution in [0.2, 0.25) is 0 Å². The lowest BCUT2D eigenvalue weighted by Gasteiger charge is -2.14. The minimum absolute atomic E-state index is 0.145. The summed E-state index contributed by atoms with van der Waals surface area (Å²) in [7, 11) is 0. The maximum atomic E-state index is 13.0. The number of fused-ring (bicyclic) bond motifs is 1. The Morgan fingerprint density at radius 3 is 2.55 bits per heavy atom. The van der Waals surface area contributed by atoms with E-state index in [2.05, 4.69) is 21.2 Å². The molecular weight excluding hydrogens is 592 g/mol. The van der Waals surface area contributed by atoms with Crippen LogP contribution in [-0.4, -0.2) is 41.7 Å². The highest BCUT2D eigenvalue weighted by molar-refractivity contribution is 9.10. The molecular formula is C31H25BrN2O5S. The SMILES string of the molecule is Cc1ccccc1NC(=O)COc1ccc(/C=C2\SC(=O)N(CCOc3cccc4ccccc34)C2=O)cc1Br. The van der Waals surface area contributed by atoms with Gasteiger partial charge in [0.2, 0.25) is 0 Å². The molecule has 0 spiro atoms. The second-order valence-corrected chi connectivity index (χ2v) is 10.8. The van der Waals surface area contributed by atoms with E-state index in [-0.39, 0.29) is 36.8 Å². The predicted octanol–water partition coefficient (Wildman–Crippen LogP) is 7.04. The molecule has 0 atom stereocenters. The van der Waals surface area contributed by atoms with Crippen LogP contribution < -0.4 is 14.8 Å². The number of rotatable bonds is 9. The van der Waals surface area contributed by atoms with Crippen LogP contribution in [0.5, 0.6) is 11.5 Å². The molecule has 3 amide bonds. The van der Waals surface area contributed by atoms with Crippen LogP contribution in [0.15, 0.2) is 94.3 Å². The summed E-state index contributed by atoms with van der Waals surface area (Å²) in [6.07, 6.45) is 1.66. The zero-order valence-corrected chi connectivity index (χ0v) is 24.0. The van der Waals surface area contributed by atoms with Crippen molar-refractivity contribution in [2.75, 3.05) is 25.1 Å². The molecule has 0 radical (unpaired) electrons. The monoisotopic (exact) mass is 616 g/mol. The lowest BCUT2D eigenvalue weighted by Crippen LogP contribution is -2.32. The van der Waals surface area contributed by atoms with Crippen molar-refractivity contribution >= 4 is 67.3 Å². The van der Waals surface area contributed by atoms with Gasteiger partial charge in [-0.25, -0.2) is 0 Å². The molecule has 1 N–H and O–H groups in total. The van der Waals surface area contributed by atoms with Crippen LogP contribution in [-0.2, 0) is 9.59 Å². The van der Waals surface area contributed by atoms with Crippen molar-refractivity contribution in [3.8, 4) is 11.5 Å². The van der Waals surface area contributed by atoms with Crippen LogP contribution >= 0.6 is 27.7 Å². The fourth-order valence-corrected chi connectivity index (χ4v) is 5.56. The first-order valence-electron chi connectivity index (χ1n) is 12.5. The van der Waals surface area contributed by atoms with Crippen molar-refractivity contribution in [3.63, 3.8) is 0 Å². The molecule has 0 aliphatic carbocycles. The van der Waals surface area contributed by atoms with Gasteiger partial charge in [-0.3, -0.25) is 19.3 Å². The van der Waals surface area contributed by atoms with Crippen molar-refractivity contribution in [1.29, 1.82) is 0 Å². The summed E-state index contributed by atoms with van der Waals surface area (Å²) in [4.78, 5) is 39.4. The van der Waals surface area contributed by atoms with Gasteiger partial charge >= 0.3 is 0 Å². The molecule has 202 valence electrons. The van der Waals surface area contributed by atoms with Gasteiger partial charge in [-0.1, -0.05) is 60.7 Å². The first-order chi connectivity index (χ1) is 19.4. The lowest BCUT2D eigenvalue weighted by atomic mass is 10.1. The number of carbonyl (C=O) groups excluding carboxylic acids is 3. The van der Waals surface area contributed by atoms with Gasteiger partial charge in [0, 0.05) is 11.1 Å². The summed E-state index contributed by atoms with van der Waals surface area (Å²) >= 11 is 4.36. The molecule has 1 heterocycles. The zero-order valence-electron chi connectivity index (χ0n) is 21.6. The van der Waals surface area contributed by atoms with Crippen LogP contribution in [0, 0.1) is 6.92 Å². The summed E-state index contributed by atoms with van der Waals surface area (Å²) in [6, 6.07) is 26.4. The third-order valence-electron chi connectivity index (χ3n) is 6.23. The quantitative estimate of drug-likeness (QED) is 0.203. The van der Waals surface area contributed by atoms with Gasteiger partial charge in [-0.05, 0) is 81.5 Å². The lowest BCUT2D eigenvalue weighted by molar-refractivity contribution is -0.123. The fourth-order valence-electron chi connectivity index (χ4n) is 4.18. The highest BCUT2D eigenvalue weighted by Crippen LogP contribution is 2.34. The summed E-state index contributed by atoms with van der Waals surface area (Å²) in [5.74, 6) is 0.556. The van der Waals surface area contributed by atoms with E-state index in [1.54, 1.807) is 24.3 Å². The van der Waals surface area contributed by atoms with Crippen LogP contribution in [0.4, 0.5) is 10.5 Å². The molecule has 5 rings (SSSR count). The number of halogens is 1. The highest BCUT2D eigenvalue weighted by Gasteiger charge is 2.34. The predicted molar refractivity (Wildman–Crippen MR) is 162 cm³/mol. The van der Waals surface area contributed by atoms with Gasteiger partial charge < -0.3 is 14.8 Å². The van der Waals surface area contributed by atoms with E-state index in [9.17, 15) is 14.4 Å². The first-order valence-corrected chi connectivity index (χ1v) is 14.1. The number of amides is 3. The fraction of sp³-hybridized carbons (Fsp3) is 0.129. The number of para-hydroxylation sites is 1. The Balaban J connectivity index is 1.17. The van der Waals surface area contributed by atoms with Crippen molar-refractivity contribution in [1.82, 2.24) is 4.90 Å². The third-order valence-corrected chi connectivity index (χ3v) is 7.75. The van der Waals surface area contributed by atoms with Gasteiger partial charge in [-0.15, -0.1) is 0 Å². The Bertz CT molecular complexity index is 1630. The minimum Gasteiger partial charge on any atom is -0.491 e. The Hall–Kier alpha value is -4.08.